The number of aromatic nitrogens is 6. The molecule has 0 saturated carbocycles. The van der Waals surface area contributed by atoms with Gasteiger partial charge in [0.1, 0.15) is 36.3 Å². The average molecular weight is 896 g/mol. The largest absolute Gasteiger partial charge is 0.481 e. The molecule has 312 valence electrons. The summed E-state index contributed by atoms with van der Waals surface area (Å²) in [6.07, 6.45) is -7.09. The van der Waals surface area contributed by atoms with Gasteiger partial charge >= 0.3 is 23.5 Å². The number of hydrogen-bond donors (Lipinski definition) is 10. The Bertz CT molecular complexity index is 2090. The number of nitrogens with two attached hydrogens (primary N) is 1. The van der Waals surface area contributed by atoms with E-state index in [4.69, 9.17) is 19.5 Å². The van der Waals surface area contributed by atoms with Gasteiger partial charge in [0.2, 0.25) is 16.9 Å². The van der Waals surface area contributed by atoms with Gasteiger partial charge in [0.25, 0.3) is 5.56 Å². The van der Waals surface area contributed by atoms with Crippen LogP contribution in [-0.2, 0) is 45.9 Å². The maximum Gasteiger partial charge on any atom is 0.481 e. The van der Waals surface area contributed by atoms with Crippen molar-refractivity contribution in [2.45, 2.75) is 50.9 Å². The van der Waals surface area contributed by atoms with E-state index in [1.807, 2.05) is 0 Å². The molecular formula is C24H36N9O18P3S2. The number of imidazole rings is 1. The van der Waals surface area contributed by atoms with Crippen LogP contribution in [0.25, 0.3) is 11.2 Å². The van der Waals surface area contributed by atoms with Gasteiger partial charge in [-0.25, -0.2) is 28.6 Å². The van der Waals surface area contributed by atoms with Gasteiger partial charge in [0.15, 0.2) is 23.4 Å². The third kappa shape index (κ3) is 12.5. The fourth-order valence-corrected chi connectivity index (χ4v) is 8.71. The van der Waals surface area contributed by atoms with Gasteiger partial charge in [-0.05, 0) is 0 Å². The smallest absolute Gasteiger partial charge is 0.386 e. The molecule has 32 heteroatoms. The summed E-state index contributed by atoms with van der Waals surface area (Å²) in [5.41, 5.74) is 3.33. The predicted molar refractivity (Wildman–Crippen MR) is 189 cm³/mol. The summed E-state index contributed by atoms with van der Waals surface area (Å²) in [6.45, 7) is 0.183. The molecule has 3 aromatic rings. The van der Waals surface area contributed by atoms with Gasteiger partial charge < -0.3 is 50.9 Å². The zero-order valence-electron chi connectivity index (χ0n) is 28.8. The van der Waals surface area contributed by atoms with Gasteiger partial charge in [0, 0.05) is 42.4 Å². The lowest BCUT2D eigenvalue weighted by molar-refractivity contribution is -0.137. The number of phosphoric acid groups is 3. The minimum absolute atomic E-state index is 0.0209. The zero-order chi connectivity index (χ0) is 41.6. The number of aliphatic hydroxyl groups excluding tert-OH is 2. The van der Waals surface area contributed by atoms with Crippen LogP contribution in [0, 0.1) is 5.41 Å². The van der Waals surface area contributed by atoms with Crippen LogP contribution in [0.2, 0.25) is 0 Å². The first-order valence-electron chi connectivity index (χ1n) is 15.6. The number of aliphatic hydroxyl groups is 2. The van der Waals surface area contributed by atoms with Crippen molar-refractivity contribution < 1.29 is 80.5 Å². The molecule has 0 radical (unpaired) electrons. The molecule has 7 atom stereocenters. The second-order valence-corrected chi connectivity index (χ2v) is 18.0. The molecule has 1 aliphatic heterocycles. The number of phosphoric ester groups is 3. The van der Waals surface area contributed by atoms with E-state index in [0.717, 1.165) is 40.7 Å². The Hall–Kier alpha value is -3.08. The molecule has 27 nitrogen and oxygen atoms in total. The number of carbonyl (C=O) groups excluding carboxylic acids is 3. The fraction of sp³-hybridized carbons (Fsp3) is 0.583. The number of amides is 2. The number of rotatable bonds is 20. The van der Waals surface area contributed by atoms with Crippen molar-refractivity contribution in [1.29, 1.82) is 0 Å². The second kappa shape index (κ2) is 18.7. The van der Waals surface area contributed by atoms with Crippen molar-refractivity contribution in [2.75, 3.05) is 37.8 Å². The van der Waals surface area contributed by atoms with Crippen LogP contribution in [0.1, 0.15) is 37.0 Å². The maximum atomic E-state index is 12.7. The number of nitrogens with one attached hydrogen (secondary N) is 3. The van der Waals surface area contributed by atoms with Crippen molar-refractivity contribution in [1.82, 2.24) is 38.9 Å². The van der Waals surface area contributed by atoms with Crippen LogP contribution in [0.3, 0.4) is 0 Å². The standard InChI is InChI=1S/C24H36N9O18P3S2/c1-24(2,17(36)21(38)27-4-3-12(34)26-5-6-55-23(39)14-20(37)32-56-31-14)8-48-54(45,46)51-53(43,44)47-7-11-16(50-52(40,41)42)15(35)22(49-11)33-10-30-13-18(25)28-9-29-19(13)33/h9-11,15-17,22,35-36H,3-8H2,1-2H3,(H,26,34)(H,27,38)(H,32,37)(H,43,44)(H,45,46)(H2,25,28,29)(H2,40,41,42). The Morgan fingerprint density at radius 1 is 1.11 bits per heavy atom. The Morgan fingerprint density at radius 3 is 2.46 bits per heavy atom. The zero-order valence-corrected chi connectivity index (χ0v) is 33.2. The molecule has 7 unspecified atom stereocenters. The number of ether oxygens (including phenoxy) is 1. The van der Waals surface area contributed by atoms with Gasteiger partial charge in [-0.15, -0.1) is 0 Å². The molecule has 3 aromatic heterocycles. The van der Waals surface area contributed by atoms with E-state index < -0.39 is 95.2 Å². The lowest BCUT2D eigenvalue weighted by Gasteiger charge is -2.30. The molecule has 0 aliphatic carbocycles. The number of H-pyrrole nitrogens is 1. The summed E-state index contributed by atoms with van der Waals surface area (Å²) in [5.74, 6) is -1.47. The highest BCUT2D eigenvalue weighted by molar-refractivity contribution is 8.14. The third-order valence-electron chi connectivity index (χ3n) is 7.42. The lowest BCUT2D eigenvalue weighted by Crippen LogP contribution is -2.46. The molecule has 56 heavy (non-hydrogen) atoms. The lowest BCUT2D eigenvalue weighted by atomic mass is 9.87. The fourth-order valence-electron chi connectivity index (χ4n) is 4.67. The van der Waals surface area contributed by atoms with Crippen LogP contribution < -0.4 is 21.9 Å². The van der Waals surface area contributed by atoms with E-state index in [-0.39, 0.29) is 47.9 Å². The van der Waals surface area contributed by atoms with Gasteiger partial charge in [-0.2, -0.15) is 8.68 Å². The molecule has 1 saturated heterocycles. The number of aromatic amines is 1. The van der Waals surface area contributed by atoms with E-state index in [1.54, 1.807) is 0 Å². The topological polar surface area (TPSA) is 409 Å². The Balaban J connectivity index is 1.24. The van der Waals surface area contributed by atoms with Crippen molar-refractivity contribution in [3.05, 3.63) is 28.7 Å². The van der Waals surface area contributed by atoms with Crippen molar-refractivity contribution in [3.63, 3.8) is 0 Å². The summed E-state index contributed by atoms with van der Waals surface area (Å²) in [4.78, 5) is 98.8. The van der Waals surface area contributed by atoms with Gasteiger partial charge in [0.05, 0.1) is 19.5 Å². The minimum Gasteiger partial charge on any atom is -0.386 e. The summed E-state index contributed by atoms with van der Waals surface area (Å²) in [5, 5.41) is 25.6. The third-order valence-corrected chi connectivity index (χ3v) is 11.9. The first-order chi connectivity index (χ1) is 26.0. The Labute approximate surface area is 322 Å². The summed E-state index contributed by atoms with van der Waals surface area (Å²) in [6, 6.07) is 0. The van der Waals surface area contributed by atoms with Crippen molar-refractivity contribution >= 4 is 80.9 Å². The second-order valence-electron chi connectivity index (χ2n) is 12.2. The molecular weight excluding hydrogens is 859 g/mol. The minimum atomic E-state index is -5.59. The molecule has 4 heterocycles. The monoisotopic (exact) mass is 895 g/mol. The van der Waals surface area contributed by atoms with E-state index in [1.165, 1.54) is 13.8 Å². The highest BCUT2D eigenvalue weighted by atomic mass is 32.2. The first-order valence-corrected chi connectivity index (χ1v) is 21.9. The van der Waals surface area contributed by atoms with E-state index >= 15 is 0 Å². The number of nitrogens with zero attached hydrogens (tertiary/aromatic N) is 5. The van der Waals surface area contributed by atoms with Gasteiger partial charge in [-0.1, -0.05) is 25.6 Å². The van der Waals surface area contributed by atoms with Gasteiger partial charge in [-0.3, -0.25) is 41.7 Å². The normalized spacial score (nSPS) is 21.6. The SMILES string of the molecule is CC(C)(COP(=O)(O)OP(=O)(O)OCC1OC(n2cnc3c(N)ncnc32)C(O)C1OP(=O)(O)O)C(O)C(=O)NCCC(=O)NCCSC(=O)c1ns[nH]c1=O. The maximum absolute atomic E-state index is 12.7. The Morgan fingerprint density at radius 2 is 1.80 bits per heavy atom. The van der Waals surface area contributed by atoms with Crippen LogP contribution in [-0.4, -0.2) is 131 Å². The summed E-state index contributed by atoms with van der Waals surface area (Å²) >= 11 is 1.49. The molecule has 2 amide bonds. The molecule has 0 spiro atoms. The molecule has 4 rings (SSSR count). The average Bonchev–Trinajstić information content (AvgIpc) is 3.81. The number of hydrogen-bond acceptors (Lipinski definition) is 21. The van der Waals surface area contributed by atoms with E-state index in [0.29, 0.717) is 0 Å². The summed E-state index contributed by atoms with van der Waals surface area (Å²) in [7, 11) is -16.4. The number of nitrogen functional groups attached to an aromatic ring is 1. The quantitative estimate of drug-likeness (QED) is 0.0438. The van der Waals surface area contributed by atoms with Crippen LogP contribution >= 0.6 is 47.0 Å². The highest BCUT2D eigenvalue weighted by Crippen LogP contribution is 2.61. The molecule has 1 aliphatic rings. The van der Waals surface area contributed by atoms with E-state index in [2.05, 4.69) is 43.2 Å². The summed E-state index contributed by atoms with van der Waals surface area (Å²) < 4.78 is 67.9. The number of fused-ring (bicyclic) bond motifs is 1. The molecule has 0 aromatic carbocycles. The molecule has 1 fully saturated rings. The van der Waals surface area contributed by atoms with E-state index in [9.17, 15) is 62.7 Å². The van der Waals surface area contributed by atoms with Crippen molar-refractivity contribution in [3.8, 4) is 0 Å². The molecule has 11 N–H and O–H groups in total. The molecule has 0 bridgehead atoms. The van der Waals surface area contributed by atoms with Crippen LogP contribution in [0.4, 0.5) is 5.82 Å². The number of carbonyl (C=O) groups is 3. The predicted octanol–water partition coefficient (Wildman–Crippen LogP) is -1.88. The van der Waals surface area contributed by atoms with Crippen molar-refractivity contribution in [2.24, 2.45) is 5.41 Å². The van der Waals surface area contributed by atoms with Crippen LogP contribution in [0.15, 0.2) is 17.4 Å². The Kier molecular flexibility index (Phi) is 15.2. The number of anilines is 1. The highest BCUT2D eigenvalue weighted by Gasteiger charge is 2.50. The number of thioether (sulfide) groups is 1. The van der Waals surface area contributed by atoms with Crippen LogP contribution in [0.5, 0.6) is 0 Å². The first kappa shape index (κ1) is 45.6.